The topological polar surface area (TPSA) is 44.2 Å². The second kappa shape index (κ2) is 7.60. The minimum absolute atomic E-state index is 0.149. The number of hydrogen-bond donors (Lipinski definition) is 1. The van der Waals surface area contributed by atoms with Gasteiger partial charge in [-0.1, -0.05) is 20.8 Å². The van der Waals surface area contributed by atoms with Crippen LogP contribution in [0.1, 0.15) is 44.5 Å². The Hall–Kier alpha value is -1.64. The van der Waals surface area contributed by atoms with E-state index in [0.29, 0.717) is 12.3 Å². The first kappa shape index (κ1) is 15.4. The van der Waals surface area contributed by atoms with E-state index in [1.54, 1.807) is 24.0 Å². The van der Waals surface area contributed by atoms with Crippen LogP contribution in [0.25, 0.3) is 0 Å². The highest BCUT2D eigenvalue weighted by Gasteiger charge is 2.05. The van der Waals surface area contributed by atoms with Crippen molar-refractivity contribution in [3.05, 3.63) is 29.8 Å². The number of hydrogen-bond acceptors (Lipinski definition) is 2. The van der Waals surface area contributed by atoms with Gasteiger partial charge < -0.3 is 4.90 Å². The summed E-state index contributed by atoms with van der Waals surface area (Å²) in [6, 6.07) is 7.34. The van der Waals surface area contributed by atoms with Gasteiger partial charge in [-0.15, -0.1) is 0 Å². The number of Topliss-reactive ketones (excluding diaryl/α,β-unsaturated/α-hetero) is 1. The third kappa shape index (κ3) is 4.39. The maximum atomic E-state index is 11.4. The number of amidine groups is 1. The molecule has 0 spiro atoms. The Morgan fingerprint density at radius 2 is 1.71 bits per heavy atom. The van der Waals surface area contributed by atoms with Gasteiger partial charge >= 0.3 is 0 Å². The highest BCUT2D eigenvalue weighted by molar-refractivity contribution is 5.97. The number of rotatable bonds is 3. The van der Waals surface area contributed by atoms with E-state index in [-0.39, 0.29) is 5.78 Å². The van der Waals surface area contributed by atoms with Crippen LogP contribution in [0, 0.1) is 5.41 Å². The van der Waals surface area contributed by atoms with Gasteiger partial charge in [0.15, 0.2) is 5.78 Å². The van der Waals surface area contributed by atoms with Crippen LogP contribution in [0.2, 0.25) is 0 Å². The highest BCUT2D eigenvalue weighted by atomic mass is 16.1. The summed E-state index contributed by atoms with van der Waals surface area (Å²) in [6.45, 7) is 7.58. The second-order valence-electron chi connectivity index (χ2n) is 3.47. The molecule has 1 aromatic rings. The smallest absolute Gasteiger partial charge is 0.162 e. The average Bonchev–Trinajstić information content (AvgIpc) is 2.39. The lowest BCUT2D eigenvalue weighted by Gasteiger charge is -2.17. The van der Waals surface area contributed by atoms with E-state index < -0.39 is 0 Å². The molecule has 1 N–H and O–H groups in total. The highest BCUT2D eigenvalue weighted by Crippen LogP contribution is 2.14. The van der Waals surface area contributed by atoms with E-state index in [0.717, 1.165) is 11.3 Å². The molecule has 0 heterocycles. The summed E-state index contributed by atoms with van der Waals surface area (Å²) in [7, 11) is 1.83. The van der Waals surface area contributed by atoms with Crippen molar-refractivity contribution in [2.75, 3.05) is 11.9 Å². The van der Waals surface area contributed by atoms with Crippen LogP contribution in [0.15, 0.2) is 24.3 Å². The molecule has 0 aromatic heterocycles. The third-order valence-corrected chi connectivity index (χ3v) is 2.40. The fourth-order valence-corrected chi connectivity index (χ4v) is 1.27. The summed E-state index contributed by atoms with van der Waals surface area (Å²) in [5, 5.41) is 7.47. The zero-order chi connectivity index (χ0) is 13.4. The maximum Gasteiger partial charge on any atom is 0.162 e. The number of nitrogens with one attached hydrogen (secondary N) is 1. The van der Waals surface area contributed by atoms with Crippen molar-refractivity contribution in [3.8, 4) is 0 Å². The van der Waals surface area contributed by atoms with Crippen LogP contribution in [0.4, 0.5) is 5.69 Å². The van der Waals surface area contributed by atoms with Crippen LogP contribution in [0.5, 0.6) is 0 Å². The molecule has 0 saturated heterocycles. The van der Waals surface area contributed by atoms with Gasteiger partial charge in [-0.05, 0) is 31.2 Å². The maximum absolute atomic E-state index is 11.4. The molecule has 0 bridgehead atoms. The standard InChI is InChI=1S/C12H16N2O.C2H6/c1-4-12(15)10-5-7-11(8-6-10)14(3)9(2)13;1-2/h5-8,13H,4H2,1-3H3;1-2H3. The Balaban J connectivity index is 0.00000121. The molecule has 94 valence electrons. The zero-order valence-electron chi connectivity index (χ0n) is 11.4. The molecule has 0 aliphatic rings. The normalized spacial score (nSPS) is 9.00. The number of nitrogens with zero attached hydrogens (tertiary/aromatic N) is 1. The van der Waals surface area contributed by atoms with Gasteiger partial charge in [-0.3, -0.25) is 10.2 Å². The Labute approximate surface area is 104 Å². The van der Waals surface area contributed by atoms with Crippen molar-refractivity contribution >= 4 is 17.3 Å². The number of ketones is 1. The molecule has 17 heavy (non-hydrogen) atoms. The minimum atomic E-state index is 0.149. The summed E-state index contributed by atoms with van der Waals surface area (Å²) in [6.07, 6.45) is 0.527. The van der Waals surface area contributed by atoms with Crippen molar-refractivity contribution in [1.29, 1.82) is 5.41 Å². The molecule has 0 atom stereocenters. The molecule has 3 nitrogen and oxygen atoms in total. The van der Waals surface area contributed by atoms with Crippen LogP contribution in [-0.4, -0.2) is 18.7 Å². The number of carbonyl (C=O) groups excluding carboxylic acids is 1. The van der Waals surface area contributed by atoms with Crippen molar-refractivity contribution in [2.24, 2.45) is 0 Å². The van der Waals surface area contributed by atoms with E-state index in [4.69, 9.17) is 5.41 Å². The molecular formula is C14H22N2O. The SMILES string of the molecule is CC.CCC(=O)c1ccc(N(C)C(C)=N)cc1. The fourth-order valence-electron chi connectivity index (χ4n) is 1.27. The van der Waals surface area contributed by atoms with Gasteiger partial charge in [0, 0.05) is 24.7 Å². The van der Waals surface area contributed by atoms with E-state index in [9.17, 15) is 4.79 Å². The van der Waals surface area contributed by atoms with Crippen molar-refractivity contribution in [3.63, 3.8) is 0 Å². The molecule has 0 saturated carbocycles. The van der Waals surface area contributed by atoms with E-state index >= 15 is 0 Å². The molecule has 0 aliphatic heterocycles. The molecule has 3 heteroatoms. The minimum Gasteiger partial charge on any atom is -0.334 e. The van der Waals surface area contributed by atoms with Gasteiger partial charge in [0.25, 0.3) is 0 Å². The average molecular weight is 234 g/mol. The van der Waals surface area contributed by atoms with Gasteiger partial charge in [0.2, 0.25) is 0 Å². The number of benzene rings is 1. The van der Waals surface area contributed by atoms with Crippen LogP contribution >= 0.6 is 0 Å². The number of anilines is 1. The molecule has 1 aromatic carbocycles. The van der Waals surface area contributed by atoms with Gasteiger partial charge in [0.05, 0.1) is 5.84 Å². The lowest BCUT2D eigenvalue weighted by molar-refractivity contribution is 0.0988. The number of carbonyl (C=O) groups is 1. The Morgan fingerprint density at radius 3 is 2.06 bits per heavy atom. The molecule has 0 radical (unpaired) electrons. The monoisotopic (exact) mass is 234 g/mol. The van der Waals surface area contributed by atoms with Gasteiger partial charge in [0.1, 0.15) is 0 Å². The molecule has 0 fully saturated rings. The first-order chi connectivity index (χ1) is 8.06. The summed E-state index contributed by atoms with van der Waals surface area (Å²) in [4.78, 5) is 13.1. The third-order valence-electron chi connectivity index (χ3n) is 2.40. The lowest BCUT2D eigenvalue weighted by Crippen LogP contribution is -2.22. The first-order valence-electron chi connectivity index (χ1n) is 5.98. The second-order valence-corrected chi connectivity index (χ2v) is 3.47. The summed E-state index contributed by atoms with van der Waals surface area (Å²) in [5.74, 6) is 0.625. The predicted molar refractivity (Wildman–Crippen MR) is 74.2 cm³/mol. The van der Waals surface area contributed by atoms with E-state index in [1.807, 2.05) is 40.0 Å². The molecular weight excluding hydrogens is 212 g/mol. The van der Waals surface area contributed by atoms with E-state index in [2.05, 4.69) is 0 Å². The first-order valence-corrected chi connectivity index (χ1v) is 5.98. The molecule has 1 rings (SSSR count). The Kier molecular flexibility index (Phi) is 6.87. The molecule has 0 amide bonds. The fraction of sp³-hybridized carbons (Fsp3) is 0.429. The Bertz CT molecular complexity index is 368. The predicted octanol–water partition coefficient (Wildman–Crippen LogP) is 3.74. The molecule has 0 unspecified atom stereocenters. The van der Waals surface area contributed by atoms with Crippen LogP contribution in [-0.2, 0) is 0 Å². The largest absolute Gasteiger partial charge is 0.334 e. The Morgan fingerprint density at radius 1 is 1.24 bits per heavy atom. The van der Waals surface area contributed by atoms with Crippen molar-refractivity contribution < 1.29 is 4.79 Å². The van der Waals surface area contributed by atoms with Gasteiger partial charge in [-0.25, -0.2) is 0 Å². The quantitative estimate of drug-likeness (QED) is 0.492. The van der Waals surface area contributed by atoms with Crippen LogP contribution in [0.3, 0.4) is 0 Å². The summed E-state index contributed by atoms with van der Waals surface area (Å²) in [5.41, 5.74) is 1.66. The van der Waals surface area contributed by atoms with E-state index in [1.165, 1.54) is 0 Å². The van der Waals surface area contributed by atoms with Gasteiger partial charge in [-0.2, -0.15) is 0 Å². The van der Waals surface area contributed by atoms with Crippen molar-refractivity contribution in [2.45, 2.75) is 34.1 Å². The van der Waals surface area contributed by atoms with Crippen LogP contribution < -0.4 is 4.90 Å². The summed E-state index contributed by atoms with van der Waals surface area (Å²) >= 11 is 0. The lowest BCUT2D eigenvalue weighted by atomic mass is 10.1. The summed E-state index contributed by atoms with van der Waals surface area (Å²) < 4.78 is 0. The molecule has 0 aliphatic carbocycles. The zero-order valence-corrected chi connectivity index (χ0v) is 11.4. The van der Waals surface area contributed by atoms with Crippen molar-refractivity contribution in [1.82, 2.24) is 0 Å².